The Bertz CT molecular complexity index is 628. The van der Waals surface area contributed by atoms with Crippen LogP contribution in [0.25, 0.3) is 5.65 Å². The van der Waals surface area contributed by atoms with E-state index in [1.807, 2.05) is 59.3 Å². The van der Waals surface area contributed by atoms with Gasteiger partial charge in [-0.25, -0.2) is 9.38 Å². The summed E-state index contributed by atoms with van der Waals surface area (Å²) in [5.41, 5.74) is 2.07. The van der Waals surface area contributed by atoms with Crippen molar-refractivity contribution in [2.24, 2.45) is 0 Å². The minimum atomic E-state index is 0.503. The normalized spacial score (nSPS) is 10.7. The Balaban J connectivity index is 1.74. The molecule has 3 nitrogen and oxygen atoms in total. The summed E-state index contributed by atoms with van der Waals surface area (Å²) in [6.45, 7) is 0.503. The van der Waals surface area contributed by atoms with Gasteiger partial charge in [-0.2, -0.15) is 0 Å². The van der Waals surface area contributed by atoms with E-state index in [4.69, 9.17) is 16.3 Å². The van der Waals surface area contributed by atoms with Gasteiger partial charge in [0.2, 0.25) is 0 Å². The number of pyridine rings is 1. The lowest BCUT2D eigenvalue weighted by atomic mass is 10.3. The lowest BCUT2D eigenvalue weighted by molar-refractivity contribution is -0.510. The summed E-state index contributed by atoms with van der Waals surface area (Å²) in [6, 6.07) is 13.4. The van der Waals surface area contributed by atoms with Crippen LogP contribution in [0.1, 0.15) is 5.69 Å². The number of benzene rings is 1. The van der Waals surface area contributed by atoms with Crippen LogP contribution >= 0.6 is 11.6 Å². The molecular formula is C14H12ClN2O+. The maximum atomic E-state index is 5.82. The maximum Gasteiger partial charge on any atom is 0.284 e. The fourth-order valence-corrected chi connectivity index (χ4v) is 1.93. The van der Waals surface area contributed by atoms with Crippen molar-refractivity contribution in [3.8, 4) is 5.75 Å². The van der Waals surface area contributed by atoms with Gasteiger partial charge < -0.3 is 4.74 Å². The zero-order chi connectivity index (χ0) is 12.4. The number of nitrogens with one attached hydrogen (secondary N) is 1. The highest BCUT2D eigenvalue weighted by atomic mass is 35.5. The zero-order valence-corrected chi connectivity index (χ0v) is 10.4. The predicted octanol–water partition coefficient (Wildman–Crippen LogP) is 2.99. The summed E-state index contributed by atoms with van der Waals surface area (Å²) in [6.07, 6.45) is 4.02. The molecule has 90 valence electrons. The number of imidazole rings is 1. The molecule has 0 fully saturated rings. The van der Waals surface area contributed by atoms with Crippen LogP contribution in [-0.2, 0) is 6.61 Å². The van der Waals surface area contributed by atoms with Crippen molar-refractivity contribution >= 4 is 17.2 Å². The van der Waals surface area contributed by atoms with Crippen LogP contribution < -0.4 is 9.14 Å². The number of hydrogen-bond donors (Lipinski definition) is 1. The molecule has 3 aromatic rings. The number of rotatable bonds is 3. The number of ether oxygens (including phenoxy) is 1. The van der Waals surface area contributed by atoms with Crippen molar-refractivity contribution in [3.63, 3.8) is 0 Å². The largest absolute Gasteiger partial charge is 0.485 e. The molecule has 0 aliphatic rings. The second-order valence-corrected chi connectivity index (χ2v) is 4.45. The molecule has 2 heterocycles. The molecule has 0 atom stereocenters. The fraction of sp³-hybridized carbons (Fsp3) is 0.0714. The van der Waals surface area contributed by atoms with E-state index in [2.05, 4.69) is 4.98 Å². The van der Waals surface area contributed by atoms with E-state index in [0.29, 0.717) is 11.6 Å². The number of fused-ring (bicyclic) bond motifs is 1. The van der Waals surface area contributed by atoms with Crippen LogP contribution in [0.3, 0.4) is 0 Å². The molecule has 0 radical (unpaired) electrons. The third kappa shape index (κ3) is 2.31. The van der Waals surface area contributed by atoms with Crippen LogP contribution in [0.5, 0.6) is 5.75 Å². The van der Waals surface area contributed by atoms with E-state index < -0.39 is 0 Å². The summed E-state index contributed by atoms with van der Waals surface area (Å²) in [5, 5.41) is 0.712. The van der Waals surface area contributed by atoms with Crippen LogP contribution in [0.2, 0.25) is 5.02 Å². The Hall–Kier alpha value is -2.00. The lowest BCUT2D eigenvalue weighted by Crippen LogP contribution is -2.16. The van der Waals surface area contributed by atoms with Gasteiger partial charge in [0.15, 0.2) is 12.3 Å². The zero-order valence-electron chi connectivity index (χ0n) is 9.64. The van der Waals surface area contributed by atoms with Crippen molar-refractivity contribution in [1.29, 1.82) is 0 Å². The van der Waals surface area contributed by atoms with Gasteiger partial charge in [-0.1, -0.05) is 17.7 Å². The first-order chi connectivity index (χ1) is 8.81. The number of halogens is 1. The minimum absolute atomic E-state index is 0.503. The second kappa shape index (κ2) is 4.70. The molecule has 2 aromatic heterocycles. The first kappa shape index (κ1) is 11.1. The molecule has 18 heavy (non-hydrogen) atoms. The Morgan fingerprint density at radius 2 is 1.94 bits per heavy atom. The summed E-state index contributed by atoms with van der Waals surface area (Å²) in [4.78, 5) is 3.29. The molecule has 0 unspecified atom stereocenters. The van der Waals surface area contributed by atoms with Gasteiger partial charge in [-0.15, -0.1) is 0 Å². The third-order valence-corrected chi connectivity index (χ3v) is 2.93. The van der Waals surface area contributed by atoms with Gasteiger partial charge in [0.25, 0.3) is 5.65 Å². The molecular weight excluding hydrogens is 248 g/mol. The van der Waals surface area contributed by atoms with Crippen molar-refractivity contribution < 1.29 is 9.14 Å². The highest BCUT2D eigenvalue weighted by molar-refractivity contribution is 6.30. The van der Waals surface area contributed by atoms with Crippen molar-refractivity contribution in [2.75, 3.05) is 0 Å². The quantitative estimate of drug-likeness (QED) is 0.720. The van der Waals surface area contributed by atoms with Crippen LogP contribution in [0.15, 0.2) is 54.9 Å². The average molecular weight is 260 g/mol. The van der Waals surface area contributed by atoms with E-state index in [9.17, 15) is 0 Å². The third-order valence-electron chi connectivity index (χ3n) is 2.68. The minimum Gasteiger partial charge on any atom is -0.485 e. The maximum absolute atomic E-state index is 5.82. The molecule has 0 aliphatic carbocycles. The highest BCUT2D eigenvalue weighted by Gasteiger charge is 2.07. The van der Waals surface area contributed by atoms with Crippen molar-refractivity contribution in [3.05, 3.63) is 65.6 Å². The Kier molecular flexibility index (Phi) is 2.90. The summed E-state index contributed by atoms with van der Waals surface area (Å²) in [5.74, 6) is 0.808. The average Bonchev–Trinajstić information content (AvgIpc) is 2.81. The van der Waals surface area contributed by atoms with Crippen LogP contribution in [-0.4, -0.2) is 4.98 Å². The van der Waals surface area contributed by atoms with Gasteiger partial charge in [0.1, 0.15) is 11.9 Å². The summed E-state index contributed by atoms with van der Waals surface area (Å²) < 4.78 is 7.70. The number of hydrogen-bond acceptors (Lipinski definition) is 1. The lowest BCUT2D eigenvalue weighted by Gasteiger charge is -2.02. The number of aromatic nitrogens is 2. The Morgan fingerprint density at radius 1 is 1.11 bits per heavy atom. The monoisotopic (exact) mass is 259 g/mol. The molecule has 1 aromatic carbocycles. The van der Waals surface area contributed by atoms with Crippen molar-refractivity contribution in [2.45, 2.75) is 6.61 Å². The molecule has 3 rings (SSSR count). The van der Waals surface area contributed by atoms with Gasteiger partial charge >= 0.3 is 0 Å². The standard InChI is InChI=1S/C14H11ClN2O/c15-11-4-6-13(7-5-11)18-10-12-9-17-8-2-1-3-14(17)16-12/h1-9H,10H2/p+1. The Morgan fingerprint density at radius 3 is 2.72 bits per heavy atom. The first-order valence-electron chi connectivity index (χ1n) is 5.67. The van der Waals surface area contributed by atoms with Gasteiger partial charge in [0, 0.05) is 11.1 Å². The molecule has 0 bridgehead atoms. The fourth-order valence-electron chi connectivity index (χ4n) is 1.80. The smallest absolute Gasteiger partial charge is 0.284 e. The van der Waals surface area contributed by atoms with Crippen LogP contribution in [0, 0.1) is 0 Å². The van der Waals surface area contributed by atoms with E-state index >= 15 is 0 Å². The summed E-state index contributed by atoms with van der Waals surface area (Å²) >= 11 is 5.82. The number of nitrogens with zero attached hydrogens (tertiary/aromatic N) is 1. The van der Waals surface area contributed by atoms with Crippen molar-refractivity contribution in [1.82, 2.24) is 4.98 Å². The van der Waals surface area contributed by atoms with E-state index in [-0.39, 0.29) is 0 Å². The van der Waals surface area contributed by atoms with E-state index in [0.717, 1.165) is 17.1 Å². The van der Waals surface area contributed by atoms with E-state index in [1.165, 1.54) is 0 Å². The van der Waals surface area contributed by atoms with Gasteiger partial charge in [-0.3, -0.25) is 0 Å². The predicted molar refractivity (Wildman–Crippen MR) is 69.7 cm³/mol. The van der Waals surface area contributed by atoms with Crippen LogP contribution in [0.4, 0.5) is 0 Å². The molecule has 0 saturated heterocycles. The molecule has 0 aliphatic heterocycles. The molecule has 0 saturated carbocycles. The van der Waals surface area contributed by atoms with Gasteiger partial charge in [0.05, 0.1) is 6.20 Å². The number of H-pyrrole nitrogens is 1. The van der Waals surface area contributed by atoms with Gasteiger partial charge in [-0.05, 0) is 30.3 Å². The number of aromatic amines is 1. The highest BCUT2D eigenvalue weighted by Crippen LogP contribution is 2.16. The molecule has 0 spiro atoms. The topological polar surface area (TPSA) is 29.1 Å². The Labute approximate surface area is 110 Å². The molecule has 4 heteroatoms. The molecule has 0 amide bonds. The van der Waals surface area contributed by atoms with E-state index in [1.54, 1.807) is 0 Å². The SMILES string of the molecule is Clc1ccc(OCc2c[n+]3ccccc3[nH]2)cc1. The first-order valence-corrected chi connectivity index (χ1v) is 6.05. The molecule has 1 N–H and O–H groups in total. The second-order valence-electron chi connectivity index (χ2n) is 4.02. The summed E-state index contributed by atoms with van der Waals surface area (Å²) in [7, 11) is 0.